The first kappa shape index (κ1) is 15.4. The summed E-state index contributed by atoms with van der Waals surface area (Å²) in [6.45, 7) is 4.11. The number of aryl methyl sites for hydroxylation is 2. The number of nitrogens with one attached hydrogen (secondary N) is 1. The molecule has 0 saturated carbocycles. The van der Waals surface area contributed by atoms with Gasteiger partial charge in [0.25, 0.3) is 5.69 Å². The van der Waals surface area contributed by atoms with E-state index >= 15 is 0 Å². The lowest BCUT2D eigenvalue weighted by Crippen LogP contribution is -1.88. The van der Waals surface area contributed by atoms with Gasteiger partial charge in [-0.2, -0.15) is 5.10 Å². The van der Waals surface area contributed by atoms with Crippen molar-refractivity contribution in [3.63, 3.8) is 0 Å². The Morgan fingerprint density at radius 1 is 1.09 bits per heavy atom. The van der Waals surface area contributed by atoms with Gasteiger partial charge in [0.15, 0.2) is 0 Å². The van der Waals surface area contributed by atoms with Gasteiger partial charge in [0.2, 0.25) is 0 Å². The number of halogens is 1. The first-order valence-corrected chi connectivity index (χ1v) is 7.82. The Balaban J connectivity index is 1.99. The van der Waals surface area contributed by atoms with Gasteiger partial charge in [0.1, 0.15) is 0 Å². The van der Waals surface area contributed by atoms with Crippen LogP contribution in [-0.4, -0.2) is 15.1 Å². The van der Waals surface area contributed by atoms with Crippen LogP contribution in [0.5, 0.6) is 0 Å². The van der Waals surface area contributed by atoms with Crippen molar-refractivity contribution in [1.82, 2.24) is 10.2 Å². The van der Waals surface area contributed by atoms with E-state index in [0.29, 0.717) is 0 Å². The van der Waals surface area contributed by atoms with Gasteiger partial charge in [0, 0.05) is 27.7 Å². The molecule has 1 heterocycles. The normalized spacial score (nSPS) is 10.7. The summed E-state index contributed by atoms with van der Waals surface area (Å²) in [6.07, 6.45) is 0. The maximum atomic E-state index is 10.7. The van der Waals surface area contributed by atoms with E-state index in [4.69, 9.17) is 0 Å². The number of rotatable bonds is 3. The number of nitrogens with zero attached hydrogens (tertiary/aromatic N) is 2. The molecule has 0 atom stereocenters. The van der Waals surface area contributed by atoms with Crippen molar-refractivity contribution in [1.29, 1.82) is 0 Å². The molecule has 0 amide bonds. The lowest BCUT2D eigenvalue weighted by atomic mass is 9.99. The molecule has 0 aliphatic carbocycles. The fourth-order valence-electron chi connectivity index (χ4n) is 2.69. The summed E-state index contributed by atoms with van der Waals surface area (Å²) in [4.78, 5) is 10.3. The summed E-state index contributed by atoms with van der Waals surface area (Å²) in [5.74, 6) is 0. The minimum absolute atomic E-state index is 0.0732. The van der Waals surface area contributed by atoms with Crippen molar-refractivity contribution in [2.75, 3.05) is 0 Å². The van der Waals surface area contributed by atoms with Gasteiger partial charge in [-0.3, -0.25) is 15.2 Å². The first-order chi connectivity index (χ1) is 11.0. The maximum absolute atomic E-state index is 10.7. The van der Waals surface area contributed by atoms with Crippen LogP contribution in [0.4, 0.5) is 5.69 Å². The Kier molecular flexibility index (Phi) is 4.00. The number of aromatic amines is 1. The number of H-pyrrole nitrogens is 1. The summed E-state index contributed by atoms with van der Waals surface area (Å²) in [7, 11) is 0. The number of benzene rings is 2. The molecule has 0 bridgehead atoms. The molecule has 1 N–H and O–H groups in total. The second-order valence-electron chi connectivity index (χ2n) is 5.39. The molecule has 0 unspecified atom stereocenters. The SMILES string of the molecule is Cc1cc(Br)cc(C)c1-c1cc(-c2ccc([N+](=O)[O-])cc2)n[nH]1. The van der Waals surface area contributed by atoms with Crippen molar-refractivity contribution < 1.29 is 4.92 Å². The van der Waals surface area contributed by atoms with Crippen LogP contribution in [0.1, 0.15) is 11.1 Å². The van der Waals surface area contributed by atoms with E-state index in [1.54, 1.807) is 12.1 Å². The zero-order valence-corrected chi connectivity index (χ0v) is 14.2. The quantitative estimate of drug-likeness (QED) is 0.518. The topological polar surface area (TPSA) is 71.8 Å². The molecule has 3 rings (SSSR count). The van der Waals surface area contributed by atoms with E-state index in [9.17, 15) is 10.1 Å². The number of nitro groups is 1. The van der Waals surface area contributed by atoms with Gasteiger partial charge in [-0.25, -0.2) is 0 Å². The standard InChI is InChI=1S/C17H14BrN3O2/c1-10-7-13(18)8-11(2)17(10)16-9-15(19-20-16)12-3-5-14(6-4-12)21(22)23/h3-9H,1-2H3,(H,19,20). The summed E-state index contributed by atoms with van der Waals surface area (Å²) in [6, 6.07) is 12.5. The minimum Gasteiger partial charge on any atom is -0.277 e. The first-order valence-electron chi connectivity index (χ1n) is 7.03. The molecule has 2 aromatic carbocycles. The fraction of sp³-hybridized carbons (Fsp3) is 0.118. The van der Waals surface area contributed by atoms with Crippen molar-refractivity contribution >= 4 is 21.6 Å². The molecule has 6 heteroatoms. The molecule has 0 spiro atoms. The highest BCUT2D eigenvalue weighted by molar-refractivity contribution is 9.10. The maximum Gasteiger partial charge on any atom is 0.269 e. The van der Waals surface area contributed by atoms with Crippen molar-refractivity contribution in [2.45, 2.75) is 13.8 Å². The smallest absolute Gasteiger partial charge is 0.269 e. The molecule has 0 fully saturated rings. The third-order valence-electron chi connectivity index (χ3n) is 3.72. The minimum atomic E-state index is -0.408. The average molecular weight is 372 g/mol. The van der Waals surface area contributed by atoms with Crippen LogP contribution in [0.15, 0.2) is 46.9 Å². The van der Waals surface area contributed by atoms with Crippen LogP contribution in [0.25, 0.3) is 22.5 Å². The Bertz CT molecular complexity index is 862. The second-order valence-corrected chi connectivity index (χ2v) is 6.30. The van der Waals surface area contributed by atoms with Crippen LogP contribution in [0.2, 0.25) is 0 Å². The van der Waals surface area contributed by atoms with Gasteiger partial charge in [0.05, 0.1) is 16.3 Å². The van der Waals surface area contributed by atoms with E-state index in [1.807, 2.05) is 6.07 Å². The predicted octanol–water partition coefficient (Wildman–Crippen LogP) is 5.03. The molecular formula is C17H14BrN3O2. The van der Waals surface area contributed by atoms with Crippen molar-refractivity contribution in [2.24, 2.45) is 0 Å². The molecule has 0 saturated heterocycles. The fourth-order valence-corrected chi connectivity index (χ4v) is 3.37. The average Bonchev–Trinajstić information content (AvgIpc) is 2.95. The van der Waals surface area contributed by atoms with Gasteiger partial charge >= 0.3 is 0 Å². The van der Waals surface area contributed by atoms with E-state index < -0.39 is 4.92 Å². The van der Waals surface area contributed by atoms with Gasteiger partial charge in [-0.1, -0.05) is 15.9 Å². The molecule has 0 aliphatic rings. The largest absolute Gasteiger partial charge is 0.277 e. The van der Waals surface area contributed by atoms with Crippen LogP contribution < -0.4 is 0 Å². The molecular weight excluding hydrogens is 358 g/mol. The van der Waals surface area contributed by atoms with E-state index in [2.05, 4.69) is 52.1 Å². The molecule has 1 aromatic heterocycles. The summed E-state index contributed by atoms with van der Waals surface area (Å²) in [5, 5.41) is 18.1. The van der Waals surface area contributed by atoms with E-state index in [1.165, 1.54) is 12.1 Å². The van der Waals surface area contributed by atoms with E-state index in [0.717, 1.165) is 38.1 Å². The molecule has 3 aromatic rings. The van der Waals surface area contributed by atoms with Crippen LogP contribution in [-0.2, 0) is 0 Å². The number of hydrogen-bond acceptors (Lipinski definition) is 3. The third kappa shape index (κ3) is 3.03. The van der Waals surface area contributed by atoms with Gasteiger partial charge in [-0.15, -0.1) is 0 Å². The summed E-state index contributed by atoms with van der Waals surface area (Å²) in [5.41, 5.74) is 6.02. The highest BCUT2D eigenvalue weighted by Crippen LogP contribution is 2.31. The Morgan fingerprint density at radius 2 is 1.70 bits per heavy atom. The Morgan fingerprint density at radius 3 is 2.26 bits per heavy atom. The third-order valence-corrected chi connectivity index (χ3v) is 4.18. The number of aromatic nitrogens is 2. The second kappa shape index (κ2) is 5.96. The lowest BCUT2D eigenvalue weighted by Gasteiger charge is -2.08. The number of non-ortho nitro benzene ring substituents is 1. The number of nitro benzene ring substituents is 1. The summed E-state index contributed by atoms with van der Waals surface area (Å²) < 4.78 is 1.05. The van der Waals surface area contributed by atoms with Crippen molar-refractivity contribution in [3.8, 4) is 22.5 Å². The highest BCUT2D eigenvalue weighted by Gasteiger charge is 2.12. The molecule has 5 nitrogen and oxygen atoms in total. The molecule has 116 valence electrons. The van der Waals surface area contributed by atoms with Gasteiger partial charge < -0.3 is 0 Å². The summed E-state index contributed by atoms with van der Waals surface area (Å²) >= 11 is 3.50. The molecule has 0 radical (unpaired) electrons. The zero-order valence-electron chi connectivity index (χ0n) is 12.6. The lowest BCUT2D eigenvalue weighted by molar-refractivity contribution is -0.384. The van der Waals surface area contributed by atoms with Gasteiger partial charge in [-0.05, 0) is 55.3 Å². The van der Waals surface area contributed by atoms with Crippen LogP contribution >= 0.6 is 15.9 Å². The Labute approximate surface area is 141 Å². The number of hydrogen-bond donors (Lipinski definition) is 1. The monoisotopic (exact) mass is 371 g/mol. The Hall–Kier alpha value is -2.47. The highest BCUT2D eigenvalue weighted by atomic mass is 79.9. The zero-order chi connectivity index (χ0) is 16.6. The molecule has 23 heavy (non-hydrogen) atoms. The van der Waals surface area contributed by atoms with Crippen LogP contribution in [0, 0.1) is 24.0 Å². The van der Waals surface area contributed by atoms with E-state index in [-0.39, 0.29) is 5.69 Å². The van der Waals surface area contributed by atoms with Crippen LogP contribution in [0.3, 0.4) is 0 Å². The molecule has 0 aliphatic heterocycles. The van der Waals surface area contributed by atoms with Crippen molar-refractivity contribution in [3.05, 3.63) is 68.2 Å². The predicted molar refractivity (Wildman–Crippen MR) is 93.3 cm³/mol.